The number of amides is 1. The Morgan fingerprint density at radius 3 is 2.47 bits per heavy atom. The van der Waals surface area contributed by atoms with Crippen molar-refractivity contribution in [2.45, 2.75) is 57.7 Å². The number of ketones is 1. The Labute approximate surface area is 89.6 Å². The maximum absolute atomic E-state index is 11.8. The largest absolute Gasteiger partial charge is 0.444 e. The van der Waals surface area contributed by atoms with Crippen LogP contribution in [0.15, 0.2) is 0 Å². The zero-order valence-electron chi connectivity index (χ0n) is 9.45. The van der Waals surface area contributed by atoms with Gasteiger partial charge < -0.3 is 4.74 Å². The van der Waals surface area contributed by atoms with E-state index >= 15 is 0 Å². The molecule has 1 unspecified atom stereocenters. The molecule has 2 rings (SSSR count). The van der Waals surface area contributed by atoms with Crippen molar-refractivity contribution in [1.82, 2.24) is 4.90 Å². The Balaban J connectivity index is 2.06. The topological polar surface area (TPSA) is 46.6 Å². The van der Waals surface area contributed by atoms with E-state index in [9.17, 15) is 9.59 Å². The van der Waals surface area contributed by atoms with Crippen molar-refractivity contribution in [1.29, 1.82) is 0 Å². The molecule has 0 saturated carbocycles. The fraction of sp³-hybridized carbons (Fsp3) is 0.818. The molecule has 0 radical (unpaired) electrons. The van der Waals surface area contributed by atoms with Gasteiger partial charge in [-0.05, 0) is 33.6 Å². The van der Waals surface area contributed by atoms with Crippen LogP contribution in [-0.2, 0) is 9.53 Å². The second kappa shape index (κ2) is 3.22. The monoisotopic (exact) mass is 211 g/mol. The first-order chi connectivity index (χ1) is 6.88. The third kappa shape index (κ3) is 1.85. The predicted octanol–water partition coefficient (Wildman–Crippen LogP) is 1.73. The number of carbonyl (C=O) groups is 2. The molecule has 4 heteroatoms. The molecule has 84 valence electrons. The Bertz CT molecular complexity index is 305. The quantitative estimate of drug-likeness (QED) is 0.613. The highest BCUT2D eigenvalue weighted by atomic mass is 16.6. The van der Waals surface area contributed by atoms with Crippen LogP contribution in [0.4, 0.5) is 4.79 Å². The molecule has 4 nitrogen and oxygen atoms in total. The molecular formula is C11H17NO3. The number of nitrogens with zero attached hydrogens (tertiary/aromatic N) is 1. The summed E-state index contributed by atoms with van der Waals surface area (Å²) in [6.07, 6.45) is 1.93. The molecule has 2 saturated heterocycles. The second-order valence-electron chi connectivity index (χ2n) is 5.31. The van der Waals surface area contributed by atoms with Crippen molar-refractivity contribution in [3.8, 4) is 0 Å². The molecule has 0 aromatic heterocycles. The number of hydrogen-bond donors (Lipinski definition) is 0. The van der Waals surface area contributed by atoms with E-state index in [-0.39, 0.29) is 24.0 Å². The van der Waals surface area contributed by atoms with E-state index in [1.807, 2.05) is 20.8 Å². The van der Waals surface area contributed by atoms with Crippen LogP contribution in [0, 0.1) is 0 Å². The molecule has 2 bridgehead atoms. The van der Waals surface area contributed by atoms with E-state index in [4.69, 9.17) is 4.74 Å². The molecular weight excluding hydrogens is 194 g/mol. The normalized spacial score (nSPS) is 29.8. The van der Waals surface area contributed by atoms with Crippen LogP contribution in [0.2, 0.25) is 0 Å². The highest BCUT2D eigenvalue weighted by molar-refractivity contribution is 5.92. The average molecular weight is 211 g/mol. The molecule has 0 aromatic rings. The van der Waals surface area contributed by atoms with Gasteiger partial charge in [0.1, 0.15) is 5.60 Å². The number of carbonyl (C=O) groups excluding carboxylic acids is 2. The maximum Gasteiger partial charge on any atom is 0.411 e. The van der Waals surface area contributed by atoms with E-state index < -0.39 is 5.60 Å². The first-order valence-corrected chi connectivity index (χ1v) is 5.42. The van der Waals surface area contributed by atoms with Gasteiger partial charge in [0, 0.05) is 12.5 Å². The Hall–Kier alpha value is -1.06. The third-order valence-electron chi connectivity index (χ3n) is 2.92. The van der Waals surface area contributed by atoms with E-state index in [0.29, 0.717) is 6.42 Å². The van der Waals surface area contributed by atoms with Gasteiger partial charge in [-0.25, -0.2) is 4.79 Å². The summed E-state index contributed by atoms with van der Waals surface area (Å²) in [5.74, 6) is 0.192. The summed E-state index contributed by atoms with van der Waals surface area (Å²) < 4.78 is 5.29. The minimum Gasteiger partial charge on any atom is -0.444 e. The van der Waals surface area contributed by atoms with Crippen LogP contribution >= 0.6 is 0 Å². The summed E-state index contributed by atoms with van der Waals surface area (Å²) in [5.41, 5.74) is -0.484. The van der Waals surface area contributed by atoms with Crippen LogP contribution in [0.1, 0.15) is 40.0 Å². The molecule has 2 aliphatic rings. The Morgan fingerprint density at radius 2 is 2.07 bits per heavy atom. The molecule has 0 N–H and O–H groups in total. The van der Waals surface area contributed by atoms with Crippen molar-refractivity contribution in [3.05, 3.63) is 0 Å². The number of ether oxygens (including phenoxy) is 1. The zero-order valence-corrected chi connectivity index (χ0v) is 9.45. The van der Waals surface area contributed by atoms with Crippen LogP contribution in [0.3, 0.4) is 0 Å². The molecule has 2 aliphatic heterocycles. The van der Waals surface area contributed by atoms with Gasteiger partial charge in [-0.15, -0.1) is 0 Å². The number of hydrogen-bond acceptors (Lipinski definition) is 3. The van der Waals surface area contributed by atoms with Gasteiger partial charge in [-0.2, -0.15) is 0 Å². The molecule has 0 spiro atoms. The van der Waals surface area contributed by atoms with Gasteiger partial charge in [0.2, 0.25) is 0 Å². The van der Waals surface area contributed by atoms with Gasteiger partial charge in [-0.1, -0.05) is 0 Å². The number of rotatable bonds is 0. The van der Waals surface area contributed by atoms with Crippen LogP contribution in [0.25, 0.3) is 0 Å². The van der Waals surface area contributed by atoms with Crippen molar-refractivity contribution in [2.75, 3.05) is 0 Å². The summed E-state index contributed by atoms with van der Waals surface area (Å²) in [6, 6.07) is -0.109. The van der Waals surface area contributed by atoms with Gasteiger partial charge in [0.05, 0.1) is 6.04 Å². The van der Waals surface area contributed by atoms with Crippen LogP contribution < -0.4 is 0 Å². The number of Topliss-reactive ketones (excluding diaryl/α,β-unsaturated/α-hetero) is 1. The van der Waals surface area contributed by atoms with E-state index in [2.05, 4.69) is 0 Å². The molecule has 1 amide bonds. The van der Waals surface area contributed by atoms with Gasteiger partial charge in [-0.3, -0.25) is 9.69 Å². The highest BCUT2D eigenvalue weighted by Crippen LogP contribution is 2.36. The third-order valence-corrected chi connectivity index (χ3v) is 2.92. The van der Waals surface area contributed by atoms with E-state index in [0.717, 1.165) is 12.8 Å². The fourth-order valence-corrected chi connectivity index (χ4v) is 2.36. The minimum absolute atomic E-state index is 0.0948. The SMILES string of the molecule is CC(C)(C)OC(=O)N1C2CC[C@@H]1C(=O)C2. The van der Waals surface area contributed by atoms with E-state index in [1.165, 1.54) is 0 Å². The second-order valence-corrected chi connectivity index (χ2v) is 5.31. The van der Waals surface area contributed by atoms with Gasteiger partial charge in [0.25, 0.3) is 0 Å². The zero-order chi connectivity index (χ0) is 11.2. The van der Waals surface area contributed by atoms with Crippen LogP contribution in [-0.4, -0.2) is 34.5 Å². The van der Waals surface area contributed by atoms with Crippen molar-refractivity contribution in [2.24, 2.45) is 0 Å². The van der Waals surface area contributed by atoms with Crippen molar-refractivity contribution < 1.29 is 14.3 Å². The lowest BCUT2D eigenvalue weighted by atomic mass is 10.00. The van der Waals surface area contributed by atoms with Crippen molar-refractivity contribution in [3.63, 3.8) is 0 Å². The van der Waals surface area contributed by atoms with E-state index in [1.54, 1.807) is 4.90 Å². The molecule has 0 aromatic carbocycles. The first kappa shape index (κ1) is 10.5. The summed E-state index contributed by atoms with van der Waals surface area (Å²) >= 11 is 0. The smallest absolute Gasteiger partial charge is 0.411 e. The summed E-state index contributed by atoms with van der Waals surface area (Å²) in [5, 5.41) is 0. The number of fused-ring (bicyclic) bond motifs is 2. The summed E-state index contributed by atoms with van der Waals surface area (Å²) in [7, 11) is 0. The first-order valence-electron chi connectivity index (χ1n) is 5.42. The standard InChI is InChI=1S/C11H17NO3/c1-11(2,3)15-10(14)12-7-4-5-8(12)9(13)6-7/h7-8H,4-6H2,1-3H3/t7?,8-/m1/s1. The van der Waals surface area contributed by atoms with Crippen molar-refractivity contribution >= 4 is 11.9 Å². The Morgan fingerprint density at radius 1 is 1.40 bits per heavy atom. The lowest BCUT2D eigenvalue weighted by Crippen LogP contribution is -2.40. The molecule has 2 atom stereocenters. The molecule has 0 aliphatic carbocycles. The highest BCUT2D eigenvalue weighted by Gasteiger charge is 2.49. The molecule has 2 fully saturated rings. The lowest BCUT2D eigenvalue weighted by molar-refractivity contribution is -0.120. The maximum atomic E-state index is 11.8. The van der Waals surface area contributed by atoms with Gasteiger partial charge in [0.15, 0.2) is 5.78 Å². The fourth-order valence-electron chi connectivity index (χ4n) is 2.36. The summed E-state index contributed by atoms with van der Waals surface area (Å²) in [4.78, 5) is 24.9. The van der Waals surface area contributed by atoms with Gasteiger partial charge >= 0.3 is 6.09 Å². The molecule has 15 heavy (non-hydrogen) atoms. The van der Waals surface area contributed by atoms with Crippen LogP contribution in [0.5, 0.6) is 0 Å². The Kier molecular flexibility index (Phi) is 2.24. The summed E-state index contributed by atoms with van der Waals surface area (Å²) in [6.45, 7) is 5.51. The average Bonchev–Trinajstić information content (AvgIpc) is 2.55. The predicted molar refractivity (Wildman–Crippen MR) is 54.5 cm³/mol. The minimum atomic E-state index is -0.484. The lowest BCUT2D eigenvalue weighted by Gasteiger charge is -2.26. The molecule has 2 heterocycles.